The summed E-state index contributed by atoms with van der Waals surface area (Å²) in [5.74, 6) is -2.64. The van der Waals surface area contributed by atoms with Gasteiger partial charge in [-0.1, -0.05) is 11.6 Å². The fourth-order valence-corrected chi connectivity index (χ4v) is 5.40. The van der Waals surface area contributed by atoms with Crippen molar-refractivity contribution in [2.75, 3.05) is 11.9 Å². The van der Waals surface area contributed by atoms with Crippen LogP contribution in [0.2, 0.25) is 5.02 Å². The highest BCUT2D eigenvalue weighted by Gasteiger charge is 2.28. The van der Waals surface area contributed by atoms with E-state index >= 15 is 0 Å². The smallest absolute Gasteiger partial charge is 0.343 e. The van der Waals surface area contributed by atoms with Crippen molar-refractivity contribution in [1.82, 2.24) is 5.43 Å². The van der Waals surface area contributed by atoms with Gasteiger partial charge >= 0.3 is 23.8 Å². The minimum absolute atomic E-state index is 0.205. The van der Waals surface area contributed by atoms with E-state index in [2.05, 4.69) is 15.8 Å². The maximum Gasteiger partial charge on any atom is 0.343 e. The average Bonchev–Trinajstić information content (AvgIpc) is 3.30. The summed E-state index contributed by atoms with van der Waals surface area (Å²) in [6.45, 7) is 3.57. The summed E-state index contributed by atoms with van der Waals surface area (Å²) < 4.78 is 10.5. The number of hydrogen-bond acceptors (Lipinski definition) is 8. The SMILES string of the molecule is CCOC(=O)c1c(NC(=O)C(=O)N/N=C(\C)c2ccc(OC(=O)c3ccc(Cl)cc3)cc2)sc2c1CCCC2. The van der Waals surface area contributed by atoms with E-state index in [1.54, 1.807) is 62.4 Å². The number of hydrogen-bond donors (Lipinski definition) is 2. The number of anilines is 1. The second kappa shape index (κ2) is 12.7. The number of halogens is 1. The van der Waals surface area contributed by atoms with Crippen molar-refractivity contribution in [3.63, 3.8) is 0 Å². The number of thiophene rings is 1. The first-order chi connectivity index (χ1) is 18.8. The molecule has 0 saturated carbocycles. The summed E-state index contributed by atoms with van der Waals surface area (Å²) >= 11 is 7.14. The van der Waals surface area contributed by atoms with Crippen LogP contribution in [-0.2, 0) is 27.2 Å². The summed E-state index contributed by atoms with van der Waals surface area (Å²) in [7, 11) is 0. The molecule has 4 rings (SSSR count). The van der Waals surface area contributed by atoms with Crippen LogP contribution in [0, 0.1) is 0 Å². The Morgan fingerprint density at radius 1 is 0.923 bits per heavy atom. The molecule has 0 spiro atoms. The van der Waals surface area contributed by atoms with Gasteiger partial charge in [0.15, 0.2) is 0 Å². The molecule has 3 aromatic rings. The number of rotatable bonds is 7. The second-order valence-electron chi connectivity index (χ2n) is 8.65. The lowest BCUT2D eigenvalue weighted by Gasteiger charge is -2.12. The van der Waals surface area contributed by atoms with E-state index in [9.17, 15) is 19.2 Å². The number of ether oxygens (including phenoxy) is 2. The number of nitrogens with zero attached hydrogens (tertiary/aromatic N) is 1. The third kappa shape index (κ3) is 6.90. The molecular weight excluding hydrogens is 542 g/mol. The van der Waals surface area contributed by atoms with Crippen LogP contribution in [-0.4, -0.2) is 36.1 Å². The Balaban J connectivity index is 1.37. The number of carbonyl (C=O) groups is 4. The van der Waals surface area contributed by atoms with Crippen molar-refractivity contribution >= 4 is 57.4 Å². The van der Waals surface area contributed by atoms with Crippen molar-refractivity contribution in [3.05, 3.63) is 80.7 Å². The standard InChI is InChI=1S/C28H26ClN3O6S/c1-3-37-28(36)23-21-6-4-5-7-22(21)39-26(23)30-24(33)25(34)32-31-16(2)17-10-14-20(15-11-17)38-27(35)18-8-12-19(29)13-9-18/h8-15H,3-7H2,1-2H3,(H,30,33)(H,32,34)/b31-16+. The largest absolute Gasteiger partial charge is 0.462 e. The number of amides is 2. The van der Waals surface area contributed by atoms with Crippen LogP contribution < -0.4 is 15.5 Å². The zero-order valence-electron chi connectivity index (χ0n) is 21.3. The highest BCUT2D eigenvalue weighted by Crippen LogP contribution is 2.38. The number of aryl methyl sites for hydroxylation is 1. The molecule has 9 nitrogen and oxygen atoms in total. The molecule has 1 heterocycles. The summed E-state index contributed by atoms with van der Waals surface area (Å²) in [5, 5.41) is 7.38. The van der Waals surface area contributed by atoms with Crippen LogP contribution in [0.4, 0.5) is 5.00 Å². The molecule has 0 atom stereocenters. The zero-order chi connectivity index (χ0) is 27.9. The number of hydrazone groups is 1. The molecule has 0 unspecified atom stereocenters. The van der Waals surface area contributed by atoms with Crippen molar-refractivity contribution < 1.29 is 28.7 Å². The van der Waals surface area contributed by atoms with Crippen LogP contribution in [0.3, 0.4) is 0 Å². The van der Waals surface area contributed by atoms with E-state index in [1.807, 2.05) is 0 Å². The first kappa shape index (κ1) is 28.0. The van der Waals surface area contributed by atoms with Crippen LogP contribution >= 0.6 is 22.9 Å². The molecule has 1 aromatic heterocycles. The van der Waals surface area contributed by atoms with E-state index in [0.29, 0.717) is 38.2 Å². The second-order valence-corrected chi connectivity index (χ2v) is 10.2. The highest BCUT2D eigenvalue weighted by molar-refractivity contribution is 7.17. The van der Waals surface area contributed by atoms with Crippen LogP contribution in [0.1, 0.15) is 63.4 Å². The predicted molar refractivity (Wildman–Crippen MR) is 149 cm³/mol. The molecule has 2 amide bonds. The summed E-state index contributed by atoms with van der Waals surface area (Å²) in [6.07, 6.45) is 3.49. The van der Waals surface area contributed by atoms with E-state index < -0.39 is 23.8 Å². The Hall–Kier alpha value is -4.02. The van der Waals surface area contributed by atoms with Gasteiger partial charge < -0.3 is 14.8 Å². The van der Waals surface area contributed by atoms with E-state index in [0.717, 1.165) is 36.1 Å². The fourth-order valence-electron chi connectivity index (χ4n) is 4.00. The Morgan fingerprint density at radius 2 is 1.59 bits per heavy atom. The van der Waals surface area contributed by atoms with Gasteiger partial charge in [-0.05, 0) is 99.2 Å². The molecule has 0 fully saturated rings. The Bertz CT molecular complexity index is 1430. The first-order valence-corrected chi connectivity index (χ1v) is 13.5. The fraction of sp³-hybridized carbons (Fsp3) is 0.250. The van der Waals surface area contributed by atoms with E-state index in [-0.39, 0.29) is 6.61 Å². The minimum Gasteiger partial charge on any atom is -0.462 e. The monoisotopic (exact) mass is 567 g/mol. The molecule has 2 N–H and O–H groups in total. The van der Waals surface area contributed by atoms with Gasteiger partial charge in [-0.2, -0.15) is 5.10 Å². The maximum absolute atomic E-state index is 12.6. The number of carbonyl (C=O) groups excluding carboxylic acids is 4. The quantitative estimate of drug-likeness (QED) is 0.134. The van der Waals surface area contributed by atoms with E-state index in [1.165, 1.54) is 11.3 Å². The zero-order valence-corrected chi connectivity index (χ0v) is 22.9. The molecule has 0 saturated heterocycles. The van der Waals surface area contributed by atoms with Crippen molar-refractivity contribution in [1.29, 1.82) is 0 Å². The van der Waals surface area contributed by atoms with Crippen LogP contribution in [0.25, 0.3) is 0 Å². The lowest BCUT2D eigenvalue weighted by molar-refractivity contribution is -0.136. The lowest BCUT2D eigenvalue weighted by Crippen LogP contribution is -2.33. The molecule has 11 heteroatoms. The number of nitrogens with one attached hydrogen (secondary N) is 2. The third-order valence-corrected chi connectivity index (χ3v) is 7.43. The van der Waals surface area contributed by atoms with Gasteiger partial charge in [0.2, 0.25) is 0 Å². The molecule has 0 bridgehead atoms. The van der Waals surface area contributed by atoms with Crippen LogP contribution in [0.15, 0.2) is 53.6 Å². The van der Waals surface area contributed by atoms with Crippen molar-refractivity contribution in [2.24, 2.45) is 5.10 Å². The Labute approximate surface area is 234 Å². The van der Waals surface area contributed by atoms with Gasteiger partial charge in [0.1, 0.15) is 10.8 Å². The van der Waals surface area contributed by atoms with Gasteiger partial charge in [-0.25, -0.2) is 15.0 Å². The summed E-state index contributed by atoms with van der Waals surface area (Å²) in [5.41, 5.74) is 4.87. The molecule has 0 radical (unpaired) electrons. The predicted octanol–water partition coefficient (Wildman–Crippen LogP) is 5.16. The Kier molecular flexibility index (Phi) is 9.11. The molecule has 0 aliphatic heterocycles. The molecule has 2 aromatic carbocycles. The molecule has 1 aliphatic carbocycles. The van der Waals surface area contributed by atoms with Crippen molar-refractivity contribution in [3.8, 4) is 5.75 Å². The minimum atomic E-state index is -0.982. The van der Waals surface area contributed by atoms with Gasteiger partial charge in [-0.15, -0.1) is 11.3 Å². The van der Waals surface area contributed by atoms with Gasteiger partial charge in [-0.3, -0.25) is 9.59 Å². The van der Waals surface area contributed by atoms with E-state index in [4.69, 9.17) is 21.1 Å². The maximum atomic E-state index is 12.6. The van der Waals surface area contributed by atoms with Gasteiger partial charge in [0.25, 0.3) is 0 Å². The number of fused-ring (bicyclic) bond motifs is 1. The van der Waals surface area contributed by atoms with Crippen LogP contribution in [0.5, 0.6) is 5.75 Å². The normalized spacial score (nSPS) is 12.7. The first-order valence-electron chi connectivity index (χ1n) is 12.3. The van der Waals surface area contributed by atoms with Gasteiger partial charge in [0.05, 0.1) is 23.4 Å². The summed E-state index contributed by atoms with van der Waals surface area (Å²) in [4.78, 5) is 50.9. The number of esters is 2. The van der Waals surface area contributed by atoms with Gasteiger partial charge in [0, 0.05) is 9.90 Å². The highest BCUT2D eigenvalue weighted by atomic mass is 35.5. The summed E-state index contributed by atoms with van der Waals surface area (Å²) in [6, 6.07) is 12.8. The molecule has 1 aliphatic rings. The topological polar surface area (TPSA) is 123 Å². The van der Waals surface area contributed by atoms with Crippen molar-refractivity contribution in [2.45, 2.75) is 39.5 Å². The molecule has 202 valence electrons. The average molecular weight is 568 g/mol. The molecule has 39 heavy (non-hydrogen) atoms. The number of benzene rings is 2. The Morgan fingerprint density at radius 3 is 2.28 bits per heavy atom. The lowest BCUT2D eigenvalue weighted by atomic mass is 9.95. The third-order valence-electron chi connectivity index (χ3n) is 5.97. The molecular formula is C28H26ClN3O6S.